The fourth-order valence-electron chi connectivity index (χ4n) is 3.68. The number of aromatic nitrogens is 2. The lowest BCUT2D eigenvalue weighted by Gasteiger charge is -2.29. The van der Waals surface area contributed by atoms with E-state index in [1.54, 1.807) is 6.92 Å². The summed E-state index contributed by atoms with van der Waals surface area (Å²) >= 11 is 0. The number of fused-ring (bicyclic) bond motifs is 1. The van der Waals surface area contributed by atoms with E-state index in [9.17, 15) is 9.90 Å². The number of hydrogen-bond donors (Lipinski definition) is 1. The molecule has 1 amide bonds. The van der Waals surface area contributed by atoms with Crippen molar-refractivity contribution in [3.8, 4) is 0 Å². The van der Waals surface area contributed by atoms with Gasteiger partial charge >= 0.3 is 0 Å². The number of morpholine rings is 1. The highest BCUT2D eigenvalue weighted by molar-refractivity contribution is 5.94. The molecule has 2 aliphatic rings. The topological polar surface area (TPSA) is 70.8 Å². The van der Waals surface area contributed by atoms with Gasteiger partial charge < -0.3 is 19.6 Å². The van der Waals surface area contributed by atoms with Crippen LogP contribution in [-0.2, 0) is 17.8 Å². The second-order valence-electron chi connectivity index (χ2n) is 7.19. The smallest absolute Gasteiger partial charge is 0.254 e. The molecule has 2 aromatic rings. The van der Waals surface area contributed by atoms with Gasteiger partial charge in [-0.15, -0.1) is 0 Å². The fraction of sp³-hybridized carbons (Fsp3) is 0.500. The summed E-state index contributed by atoms with van der Waals surface area (Å²) in [6, 6.07) is 9.77. The Balaban J connectivity index is 1.48. The Morgan fingerprint density at radius 1 is 1.15 bits per heavy atom. The van der Waals surface area contributed by atoms with E-state index in [4.69, 9.17) is 4.74 Å². The van der Waals surface area contributed by atoms with Gasteiger partial charge in [-0.3, -0.25) is 9.48 Å². The van der Waals surface area contributed by atoms with Crippen molar-refractivity contribution in [1.29, 1.82) is 0 Å². The number of carbonyl (C=O) groups excluding carboxylic acids is 1. The van der Waals surface area contributed by atoms with Gasteiger partial charge in [0.1, 0.15) is 0 Å². The Kier molecular flexibility index (Phi) is 5.13. The monoisotopic (exact) mass is 370 g/mol. The number of ether oxygens (including phenoxy) is 1. The van der Waals surface area contributed by atoms with Gasteiger partial charge in [0.05, 0.1) is 37.3 Å². The zero-order valence-electron chi connectivity index (χ0n) is 15.7. The summed E-state index contributed by atoms with van der Waals surface area (Å²) in [4.78, 5) is 17.2. The van der Waals surface area contributed by atoms with Crippen LogP contribution in [0.5, 0.6) is 0 Å². The minimum Gasteiger partial charge on any atom is -0.387 e. The second-order valence-corrected chi connectivity index (χ2v) is 7.19. The number of aryl methyl sites for hydroxylation is 1. The maximum absolute atomic E-state index is 13.0. The number of carbonyl (C=O) groups is 1. The molecule has 0 unspecified atom stereocenters. The number of rotatable bonds is 3. The van der Waals surface area contributed by atoms with E-state index in [0.717, 1.165) is 50.7 Å². The number of aliphatic hydroxyl groups is 1. The van der Waals surface area contributed by atoms with Crippen molar-refractivity contribution in [2.24, 2.45) is 0 Å². The van der Waals surface area contributed by atoms with Crippen LogP contribution in [0.15, 0.2) is 30.3 Å². The predicted octanol–water partition coefficient (Wildman–Crippen LogP) is 1.82. The van der Waals surface area contributed by atoms with Crippen molar-refractivity contribution in [3.63, 3.8) is 0 Å². The number of amides is 1. The molecule has 2 aliphatic heterocycles. The van der Waals surface area contributed by atoms with Gasteiger partial charge in [-0.1, -0.05) is 0 Å². The molecule has 3 heterocycles. The van der Waals surface area contributed by atoms with E-state index in [-0.39, 0.29) is 5.91 Å². The lowest BCUT2D eigenvalue weighted by molar-refractivity contribution is 0.0745. The maximum Gasteiger partial charge on any atom is 0.254 e. The maximum atomic E-state index is 13.0. The highest BCUT2D eigenvalue weighted by atomic mass is 16.5. The van der Waals surface area contributed by atoms with E-state index < -0.39 is 6.10 Å². The predicted molar refractivity (Wildman–Crippen MR) is 102 cm³/mol. The first-order valence-electron chi connectivity index (χ1n) is 9.58. The number of anilines is 1. The van der Waals surface area contributed by atoms with Crippen LogP contribution in [0.4, 0.5) is 5.69 Å². The molecule has 0 saturated carbocycles. The standard InChI is InChI=1S/C20H26N4O3/c1-15(25)19-13-18-14-23(7-2-8-24(18)21-19)20(26)16-3-5-17(6-4-16)22-9-11-27-12-10-22/h3-6,13,15,25H,2,7-12,14H2,1H3/t15-/m1/s1. The molecule has 1 aromatic heterocycles. The first-order valence-corrected chi connectivity index (χ1v) is 9.58. The Morgan fingerprint density at radius 2 is 1.89 bits per heavy atom. The van der Waals surface area contributed by atoms with E-state index in [1.165, 1.54) is 0 Å². The lowest BCUT2D eigenvalue weighted by Crippen LogP contribution is -2.36. The molecule has 7 nitrogen and oxygen atoms in total. The highest BCUT2D eigenvalue weighted by Crippen LogP contribution is 2.21. The van der Waals surface area contributed by atoms with Crippen LogP contribution in [0.1, 0.15) is 41.2 Å². The Labute approximate surface area is 159 Å². The zero-order valence-corrected chi connectivity index (χ0v) is 15.7. The van der Waals surface area contributed by atoms with Gasteiger partial charge in [-0.05, 0) is 43.7 Å². The largest absolute Gasteiger partial charge is 0.387 e. The van der Waals surface area contributed by atoms with Crippen LogP contribution in [0, 0.1) is 0 Å². The van der Waals surface area contributed by atoms with Crippen molar-refractivity contribution >= 4 is 11.6 Å². The molecule has 1 fully saturated rings. The summed E-state index contributed by atoms with van der Waals surface area (Å²) in [6.07, 6.45) is 0.257. The summed E-state index contributed by atoms with van der Waals surface area (Å²) < 4.78 is 7.31. The molecule has 0 spiro atoms. The van der Waals surface area contributed by atoms with Crippen LogP contribution < -0.4 is 4.90 Å². The first kappa shape index (κ1) is 18.0. The van der Waals surface area contributed by atoms with E-state index in [0.29, 0.717) is 24.3 Å². The van der Waals surface area contributed by atoms with E-state index in [2.05, 4.69) is 10.00 Å². The third kappa shape index (κ3) is 3.84. The summed E-state index contributed by atoms with van der Waals surface area (Å²) in [5, 5.41) is 14.2. The molecule has 0 bridgehead atoms. The minimum absolute atomic E-state index is 0.0387. The summed E-state index contributed by atoms with van der Waals surface area (Å²) in [5.41, 5.74) is 3.47. The SMILES string of the molecule is C[C@@H](O)c1cc2n(n1)CCCN(C(=O)c1ccc(N3CCOCC3)cc1)C2. The quantitative estimate of drug-likeness (QED) is 0.892. The van der Waals surface area contributed by atoms with Gasteiger partial charge in [0.2, 0.25) is 0 Å². The number of aliphatic hydroxyl groups excluding tert-OH is 1. The molecular formula is C20H26N4O3. The van der Waals surface area contributed by atoms with Crippen molar-refractivity contribution in [2.75, 3.05) is 37.7 Å². The average Bonchev–Trinajstić information content (AvgIpc) is 3.00. The fourth-order valence-corrected chi connectivity index (χ4v) is 3.68. The molecule has 0 radical (unpaired) electrons. The normalized spacial score (nSPS) is 18.7. The van der Waals surface area contributed by atoms with Gasteiger partial charge in [0.25, 0.3) is 5.91 Å². The third-order valence-electron chi connectivity index (χ3n) is 5.24. The Hall–Kier alpha value is -2.38. The van der Waals surface area contributed by atoms with E-state index in [1.807, 2.05) is 39.9 Å². The molecule has 1 saturated heterocycles. The van der Waals surface area contributed by atoms with Gasteiger partial charge in [0, 0.05) is 37.4 Å². The molecular weight excluding hydrogens is 344 g/mol. The third-order valence-corrected chi connectivity index (χ3v) is 5.24. The molecule has 1 aromatic carbocycles. The number of nitrogens with zero attached hydrogens (tertiary/aromatic N) is 4. The van der Waals surface area contributed by atoms with Crippen LogP contribution >= 0.6 is 0 Å². The molecule has 1 N–H and O–H groups in total. The Morgan fingerprint density at radius 3 is 2.59 bits per heavy atom. The number of hydrogen-bond acceptors (Lipinski definition) is 5. The van der Waals surface area contributed by atoms with Crippen LogP contribution in [0.25, 0.3) is 0 Å². The van der Waals surface area contributed by atoms with Gasteiger partial charge in [-0.25, -0.2) is 0 Å². The number of benzene rings is 1. The molecule has 7 heteroatoms. The average molecular weight is 370 g/mol. The molecule has 0 aliphatic carbocycles. The molecule has 27 heavy (non-hydrogen) atoms. The molecule has 4 rings (SSSR count). The second kappa shape index (κ2) is 7.70. The summed E-state index contributed by atoms with van der Waals surface area (Å²) in [5.74, 6) is 0.0387. The minimum atomic E-state index is -0.596. The Bertz CT molecular complexity index is 794. The van der Waals surface area contributed by atoms with Gasteiger partial charge in [0.15, 0.2) is 0 Å². The van der Waals surface area contributed by atoms with Crippen molar-refractivity contribution in [3.05, 3.63) is 47.3 Å². The molecule has 1 atom stereocenters. The van der Waals surface area contributed by atoms with E-state index >= 15 is 0 Å². The zero-order chi connectivity index (χ0) is 18.8. The van der Waals surface area contributed by atoms with Crippen LogP contribution in [-0.4, -0.2) is 58.5 Å². The van der Waals surface area contributed by atoms with Crippen LogP contribution in [0.2, 0.25) is 0 Å². The summed E-state index contributed by atoms with van der Waals surface area (Å²) in [6.45, 7) is 6.96. The van der Waals surface area contributed by atoms with Crippen molar-refractivity contribution in [2.45, 2.75) is 32.5 Å². The van der Waals surface area contributed by atoms with Crippen LogP contribution in [0.3, 0.4) is 0 Å². The highest BCUT2D eigenvalue weighted by Gasteiger charge is 2.23. The summed E-state index contributed by atoms with van der Waals surface area (Å²) in [7, 11) is 0. The molecule has 144 valence electrons. The lowest BCUT2D eigenvalue weighted by atomic mass is 10.1. The van der Waals surface area contributed by atoms with Crippen molar-refractivity contribution in [1.82, 2.24) is 14.7 Å². The van der Waals surface area contributed by atoms with Gasteiger partial charge in [-0.2, -0.15) is 5.10 Å². The van der Waals surface area contributed by atoms with Crippen molar-refractivity contribution < 1.29 is 14.6 Å². The first-order chi connectivity index (χ1) is 13.1.